The summed E-state index contributed by atoms with van der Waals surface area (Å²) in [6.45, 7) is 7.26. The van der Waals surface area contributed by atoms with Gasteiger partial charge >= 0.3 is 0 Å². The first-order chi connectivity index (χ1) is 13.4. The zero-order valence-electron chi connectivity index (χ0n) is 16.5. The lowest BCUT2D eigenvalue weighted by atomic mass is 9.90. The predicted octanol–water partition coefficient (Wildman–Crippen LogP) is 4.43. The Balaban J connectivity index is 2.37. The molecule has 10 heteroatoms. The number of aromatic nitrogens is 1. The van der Waals surface area contributed by atoms with Gasteiger partial charge in [0.2, 0.25) is 10.0 Å². The van der Waals surface area contributed by atoms with E-state index in [1.165, 1.54) is 11.3 Å². The number of thiophene rings is 1. The third-order valence-corrected chi connectivity index (χ3v) is 6.58. The first-order valence-electron chi connectivity index (χ1n) is 8.54. The van der Waals surface area contributed by atoms with Crippen LogP contribution in [0.4, 0.5) is 5.69 Å². The van der Waals surface area contributed by atoms with Crippen molar-refractivity contribution < 1.29 is 17.7 Å². The number of carbonyl (C=O) groups excluding carboxylic acids is 1. The van der Waals surface area contributed by atoms with Crippen LogP contribution < -0.4 is 10.5 Å². The number of carbonyl (C=O) groups is 1. The SMILES string of the molecule is Cc1cc(C)c(-c2csc(C(N)=O)c2-c2onc(C)c2Cl)c(C)c1NS(C)(=O)=O. The van der Waals surface area contributed by atoms with Gasteiger partial charge in [0, 0.05) is 10.9 Å². The first-order valence-corrected chi connectivity index (χ1v) is 11.7. The van der Waals surface area contributed by atoms with Crippen molar-refractivity contribution in [3.8, 4) is 22.5 Å². The predicted molar refractivity (Wildman–Crippen MR) is 116 cm³/mol. The molecule has 1 amide bonds. The number of rotatable bonds is 5. The minimum absolute atomic E-state index is 0.256. The Morgan fingerprint density at radius 1 is 1.21 bits per heavy atom. The summed E-state index contributed by atoms with van der Waals surface area (Å²) in [5, 5.41) is 5.97. The van der Waals surface area contributed by atoms with Gasteiger partial charge in [0.25, 0.3) is 5.91 Å². The Labute approximate surface area is 177 Å². The van der Waals surface area contributed by atoms with Crippen molar-refractivity contribution in [3.63, 3.8) is 0 Å². The van der Waals surface area contributed by atoms with E-state index in [4.69, 9.17) is 21.9 Å². The fourth-order valence-electron chi connectivity index (χ4n) is 3.41. The molecule has 1 aromatic carbocycles. The highest BCUT2D eigenvalue weighted by Crippen LogP contribution is 2.46. The van der Waals surface area contributed by atoms with E-state index in [1.807, 2.05) is 26.8 Å². The minimum atomic E-state index is -3.48. The van der Waals surface area contributed by atoms with Gasteiger partial charge in [-0.2, -0.15) is 0 Å². The lowest BCUT2D eigenvalue weighted by Gasteiger charge is -2.18. The second-order valence-electron chi connectivity index (χ2n) is 6.89. The van der Waals surface area contributed by atoms with Crippen LogP contribution in [0.15, 0.2) is 16.0 Å². The Kier molecular flexibility index (Phi) is 5.50. The van der Waals surface area contributed by atoms with Gasteiger partial charge < -0.3 is 10.3 Å². The maximum absolute atomic E-state index is 12.1. The van der Waals surface area contributed by atoms with Crippen LogP contribution in [0.2, 0.25) is 5.02 Å². The van der Waals surface area contributed by atoms with Gasteiger partial charge in [-0.1, -0.05) is 22.8 Å². The molecule has 0 saturated carbocycles. The summed E-state index contributed by atoms with van der Waals surface area (Å²) in [5.41, 5.74) is 10.9. The third-order valence-electron chi connectivity index (χ3n) is 4.56. The number of sulfonamides is 1. The molecule has 0 spiro atoms. The number of hydrogen-bond acceptors (Lipinski definition) is 6. The molecular formula is C19H20ClN3O4S2. The van der Waals surface area contributed by atoms with Crippen LogP contribution in [0.1, 0.15) is 32.1 Å². The molecule has 3 N–H and O–H groups in total. The summed E-state index contributed by atoms with van der Waals surface area (Å²) in [5.74, 6) is -0.357. The molecule has 2 aromatic heterocycles. The minimum Gasteiger partial charge on any atom is -0.365 e. The van der Waals surface area contributed by atoms with Gasteiger partial charge in [-0.25, -0.2) is 8.42 Å². The van der Waals surface area contributed by atoms with Crippen molar-refractivity contribution in [2.45, 2.75) is 27.7 Å². The molecule has 0 fully saturated rings. The third kappa shape index (κ3) is 3.90. The van der Waals surface area contributed by atoms with E-state index < -0.39 is 15.9 Å². The lowest BCUT2D eigenvalue weighted by molar-refractivity contribution is 0.100. The highest BCUT2D eigenvalue weighted by molar-refractivity contribution is 7.92. The second kappa shape index (κ2) is 7.47. The normalized spacial score (nSPS) is 11.7. The Morgan fingerprint density at radius 3 is 2.38 bits per heavy atom. The molecule has 3 rings (SSSR count). The number of hydrogen-bond donors (Lipinski definition) is 2. The molecule has 29 heavy (non-hydrogen) atoms. The van der Waals surface area contributed by atoms with Gasteiger partial charge in [-0.3, -0.25) is 9.52 Å². The number of aryl methyl sites for hydroxylation is 3. The summed E-state index contributed by atoms with van der Waals surface area (Å²) in [6, 6.07) is 1.88. The highest BCUT2D eigenvalue weighted by Gasteiger charge is 2.27. The van der Waals surface area contributed by atoms with Crippen LogP contribution in [0.25, 0.3) is 22.5 Å². The Morgan fingerprint density at radius 2 is 1.86 bits per heavy atom. The number of nitrogens with zero attached hydrogens (tertiary/aromatic N) is 1. The number of nitrogens with one attached hydrogen (secondary N) is 1. The maximum Gasteiger partial charge on any atom is 0.259 e. The highest BCUT2D eigenvalue weighted by atomic mass is 35.5. The van der Waals surface area contributed by atoms with Crippen molar-refractivity contribution in [2.75, 3.05) is 11.0 Å². The molecule has 0 aliphatic rings. The number of primary amides is 1. The molecule has 2 heterocycles. The number of benzene rings is 1. The van der Waals surface area contributed by atoms with Gasteiger partial charge in [0.1, 0.15) is 9.90 Å². The summed E-state index contributed by atoms with van der Waals surface area (Å²) >= 11 is 7.54. The van der Waals surface area contributed by atoms with Crippen molar-refractivity contribution in [1.82, 2.24) is 5.16 Å². The fraction of sp³-hybridized carbons (Fsp3) is 0.263. The van der Waals surface area contributed by atoms with E-state index in [0.29, 0.717) is 27.5 Å². The first kappa shape index (κ1) is 21.4. The second-order valence-corrected chi connectivity index (χ2v) is 9.89. The van der Waals surface area contributed by atoms with E-state index in [2.05, 4.69) is 9.88 Å². The van der Waals surface area contributed by atoms with E-state index >= 15 is 0 Å². The van der Waals surface area contributed by atoms with Crippen molar-refractivity contribution in [3.05, 3.63) is 43.7 Å². The summed E-state index contributed by atoms with van der Waals surface area (Å²) in [7, 11) is -3.48. The van der Waals surface area contributed by atoms with E-state index in [9.17, 15) is 13.2 Å². The average Bonchev–Trinajstić information content (AvgIpc) is 3.15. The molecular weight excluding hydrogens is 434 g/mol. The van der Waals surface area contributed by atoms with Crippen LogP contribution in [0, 0.1) is 27.7 Å². The quantitative estimate of drug-likeness (QED) is 0.592. The molecule has 0 aliphatic carbocycles. The lowest BCUT2D eigenvalue weighted by Crippen LogP contribution is -2.13. The number of nitrogens with two attached hydrogens (primary N) is 1. The van der Waals surface area contributed by atoms with Crippen LogP contribution in [0.3, 0.4) is 0 Å². The molecule has 0 atom stereocenters. The smallest absolute Gasteiger partial charge is 0.259 e. The molecule has 0 bridgehead atoms. The van der Waals surface area contributed by atoms with Gasteiger partial charge in [0.05, 0.1) is 23.2 Å². The molecule has 3 aromatic rings. The number of halogens is 1. The van der Waals surface area contributed by atoms with Gasteiger partial charge in [-0.05, 0) is 49.9 Å². The molecule has 0 saturated heterocycles. The monoisotopic (exact) mass is 453 g/mol. The van der Waals surface area contributed by atoms with Gasteiger partial charge in [0.15, 0.2) is 5.76 Å². The van der Waals surface area contributed by atoms with Crippen LogP contribution in [-0.2, 0) is 10.0 Å². The van der Waals surface area contributed by atoms with E-state index in [0.717, 1.165) is 28.5 Å². The topological polar surface area (TPSA) is 115 Å². The van der Waals surface area contributed by atoms with Crippen molar-refractivity contribution in [2.24, 2.45) is 5.73 Å². The zero-order valence-corrected chi connectivity index (χ0v) is 18.9. The molecule has 0 unspecified atom stereocenters. The maximum atomic E-state index is 12.1. The fourth-order valence-corrected chi connectivity index (χ4v) is 5.16. The molecule has 0 radical (unpaired) electrons. The molecule has 154 valence electrons. The van der Waals surface area contributed by atoms with Crippen LogP contribution >= 0.6 is 22.9 Å². The Bertz CT molecular complexity index is 1240. The zero-order chi connectivity index (χ0) is 21.7. The largest absolute Gasteiger partial charge is 0.365 e. The summed E-state index contributed by atoms with van der Waals surface area (Å²) in [6.07, 6.45) is 1.10. The standard InChI is InChI=1S/C19H20ClN3O4S2/c1-8-6-9(2)16(23-29(5,25)26)10(3)13(8)12-7-28-18(19(21)24)14(12)17-15(20)11(4)22-27-17/h6-7,23H,1-5H3,(H2,21,24). The van der Waals surface area contributed by atoms with Gasteiger partial charge in [-0.15, -0.1) is 11.3 Å². The van der Waals surface area contributed by atoms with Crippen molar-refractivity contribution >= 4 is 44.6 Å². The van der Waals surface area contributed by atoms with Crippen molar-refractivity contribution in [1.29, 1.82) is 0 Å². The summed E-state index contributed by atoms with van der Waals surface area (Å²) < 4.78 is 31.7. The average molecular weight is 454 g/mol. The van der Waals surface area contributed by atoms with Crippen LogP contribution in [-0.4, -0.2) is 25.7 Å². The number of anilines is 1. The molecule has 0 aliphatic heterocycles. The van der Waals surface area contributed by atoms with E-state index in [-0.39, 0.29) is 10.6 Å². The van der Waals surface area contributed by atoms with Crippen LogP contribution in [0.5, 0.6) is 0 Å². The number of amides is 1. The Hall–Kier alpha value is -2.36. The molecule has 7 nitrogen and oxygen atoms in total. The van der Waals surface area contributed by atoms with E-state index in [1.54, 1.807) is 12.3 Å². The summed E-state index contributed by atoms with van der Waals surface area (Å²) in [4.78, 5) is 12.4.